The van der Waals surface area contributed by atoms with E-state index in [0.717, 1.165) is 28.0 Å². The Labute approximate surface area is 139 Å². The van der Waals surface area contributed by atoms with Crippen LogP contribution in [0.1, 0.15) is 12.0 Å². The Hall–Kier alpha value is -1.31. The van der Waals surface area contributed by atoms with Crippen molar-refractivity contribution >= 4 is 21.8 Å². The van der Waals surface area contributed by atoms with Crippen LogP contribution in [0.2, 0.25) is 0 Å². The number of ether oxygens (including phenoxy) is 3. The van der Waals surface area contributed by atoms with Gasteiger partial charge in [0.1, 0.15) is 11.5 Å². The van der Waals surface area contributed by atoms with Gasteiger partial charge in [0.05, 0.1) is 32.0 Å². The van der Waals surface area contributed by atoms with Crippen LogP contribution in [0.15, 0.2) is 16.6 Å². The minimum atomic E-state index is -0.0303. The molecular formula is C15H23BrN2O4. The van der Waals surface area contributed by atoms with Crippen molar-refractivity contribution in [3.05, 3.63) is 22.2 Å². The number of nitrogens with one attached hydrogen (secondary N) is 2. The molecule has 1 aromatic rings. The van der Waals surface area contributed by atoms with Gasteiger partial charge in [-0.25, -0.2) is 0 Å². The van der Waals surface area contributed by atoms with Crippen molar-refractivity contribution in [2.45, 2.75) is 12.8 Å². The summed E-state index contributed by atoms with van der Waals surface area (Å²) in [6, 6.07) is 3.84. The predicted molar refractivity (Wildman–Crippen MR) is 88.5 cm³/mol. The van der Waals surface area contributed by atoms with E-state index in [-0.39, 0.29) is 5.91 Å². The molecule has 0 saturated carbocycles. The molecule has 6 nitrogen and oxygen atoms in total. The molecule has 0 aliphatic rings. The second kappa shape index (κ2) is 10.4. The van der Waals surface area contributed by atoms with Crippen LogP contribution >= 0.6 is 15.9 Å². The number of amides is 1. The van der Waals surface area contributed by atoms with E-state index in [9.17, 15) is 4.79 Å². The van der Waals surface area contributed by atoms with Crippen LogP contribution in [-0.4, -0.2) is 47.1 Å². The Morgan fingerprint density at radius 2 is 1.91 bits per heavy atom. The van der Waals surface area contributed by atoms with E-state index >= 15 is 0 Å². The molecule has 0 atom stereocenters. The fourth-order valence-corrected chi connectivity index (χ4v) is 2.36. The molecule has 0 saturated heterocycles. The molecule has 0 aliphatic heterocycles. The van der Waals surface area contributed by atoms with Crippen LogP contribution in [0.3, 0.4) is 0 Å². The largest absolute Gasteiger partial charge is 0.496 e. The highest BCUT2D eigenvalue weighted by atomic mass is 79.9. The summed E-state index contributed by atoms with van der Waals surface area (Å²) in [4.78, 5) is 11.4. The molecule has 0 fully saturated rings. The molecular weight excluding hydrogens is 352 g/mol. The molecule has 2 N–H and O–H groups in total. The van der Waals surface area contributed by atoms with Crippen molar-refractivity contribution in [2.24, 2.45) is 0 Å². The maximum absolute atomic E-state index is 11.4. The van der Waals surface area contributed by atoms with Gasteiger partial charge in [0.2, 0.25) is 5.91 Å². The van der Waals surface area contributed by atoms with Gasteiger partial charge < -0.3 is 19.5 Å². The highest BCUT2D eigenvalue weighted by Gasteiger charge is 2.09. The fraction of sp³-hybridized carbons (Fsp3) is 0.533. The van der Waals surface area contributed by atoms with Crippen LogP contribution in [0.4, 0.5) is 0 Å². The lowest BCUT2D eigenvalue weighted by atomic mass is 10.1. The molecule has 0 radical (unpaired) electrons. The second-order valence-electron chi connectivity index (χ2n) is 4.57. The Balaban J connectivity index is 2.40. The van der Waals surface area contributed by atoms with Gasteiger partial charge in [-0.15, -0.1) is 0 Å². The lowest BCUT2D eigenvalue weighted by molar-refractivity contribution is -0.122. The minimum Gasteiger partial charge on any atom is -0.496 e. The molecule has 1 rings (SSSR count). The van der Waals surface area contributed by atoms with Crippen molar-refractivity contribution < 1.29 is 19.0 Å². The van der Waals surface area contributed by atoms with E-state index < -0.39 is 0 Å². The zero-order valence-corrected chi connectivity index (χ0v) is 14.8. The molecule has 22 heavy (non-hydrogen) atoms. The maximum Gasteiger partial charge on any atom is 0.223 e. The van der Waals surface area contributed by atoms with E-state index in [4.69, 9.17) is 14.2 Å². The van der Waals surface area contributed by atoms with Gasteiger partial charge in [-0.3, -0.25) is 10.1 Å². The summed E-state index contributed by atoms with van der Waals surface area (Å²) >= 11 is 3.43. The van der Waals surface area contributed by atoms with E-state index in [0.29, 0.717) is 26.2 Å². The van der Waals surface area contributed by atoms with Crippen LogP contribution in [-0.2, 0) is 16.0 Å². The lowest BCUT2D eigenvalue weighted by Crippen LogP contribution is -2.35. The second-order valence-corrected chi connectivity index (χ2v) is 5.42. The van der Waals surface area contributed by atoms with E-state index in [1.54, 1.807) is 21.3 Å². The third-order valence-corrected chi connectivity index (χ3v) is 3.69. The first kappa shape index (κ1) is 18.7. The summed E-state index contributed by atoms with van der Waals surface area (Å²) in [5, 5.41) is 5.93. The Kier molecular flexibility index (Phi) is 8.88. The van der Waals surface area contributed by atoms with Gasteiger partial charge in [-0.2, -0.15) is 0 Å². The molecule has 0 aromatic heterocycles. The highest BCUT2D eigenvalue weighted by Crippen LogP contribution is 2.32. The van der Waals surface area contributed by atoms with Gasteiger partial charge in [0.15, 0.2) is 0 Å². The number of hydrogen-bond acceptors (Lipinski definition) is 5. The number of rotatable bonds is 10. The first-order valence-corrected chi connectivity index (χ1v) is 7.78. The van der Waals surface area contributed by atoms with E-state index in [1.165, 1.54) is 0 Å². The smallest absolute Gasteiger partial charge is 0.223 e. The molecule has 124 valence electrons. The van der Waals surface area contributed by atoms with Crippen LogP contribution in [0, 0.1) is 0 Å². The van der Waals surface area contributed by atoms with Crippen molar-refractivity contribution in [3.63, 3.8) is 0 Å². The summed E-state index contributed by atoms with van der Waals surface area (Å²) in [6.07, 6.45) is 1.14. The van der Waals surface area contributed by atoms with Crippen molar-refractivity contribution in [2.75, 3.05) is 41.1 Å². The summed E-state index contributed by atoms with van der Waals surface area (Å²) in [5.74, 6) is 1.54. The van der Waals surface area contributed by atoms with Gasteiger partial charge in [-0.1, -0.05) is 0 Å². The zero-order chi connectivity index (χ0) is 16.4. The fourth-order valence-electron chi connectivity index (χ4n) is 1.87. The summed E-state index contributed by atoms with van der Waals surface area (Å²) < 4.78 is 16.4. The van der Waals surface area contributed by atoms with Crippen molar-refractivity contribution in [1.82, 2.24) is 10.6 Å². The maximum atomic E-state index is 11.4. The molecule has 0 heterocycles. The Morgan fingerprint density at radius 3 is 2.55 bits per heavy atom. The van der Waals surface area contributed by atoms with Crippen molar-refractivity contribution in [3.8, 4) is 11.5 Å². The third kappa shape index (κ3) is 6.21. The quantitative estimate of drug-likeness (QED) is 0.481. The summed E-state index contributed by atoms with van der Waals surface area (Å²) in [5.41, 5.74) is 1.04. The average Bonchev–Trinajstić information content (AvgIpc) is 2.53. The molecule has 1 aromatic carbocycles. The average molecular weight is 375 g/mol. The first-order valence-electron chi connectivity index (χ1n) is 6.99. The standard InChI is InChI=1S/C15H23BrN2O4/c1-20-7-5-15(19)18-10-17-6-4-11-8-14(22-3)12(16)9-13(11)21-2/h8-9,17H,4-7,10H2,1-3H3,(H,18,19). The number of methoxy groups -OCH3 is 3. The van der Waals surface area contributed by atoms with Crippen LogP contribution in [0.25, 0.3) is 0 Å². The molecule has 1 amide bonds. The number of halogens is 1. The SMILES string of the molecule is COCCC(=O)NCNCCc1cc(OC)c(Br)cc1OC. The molecule has 0 spiro atoms. The summed E-state index contributed by atoms with van der Waals surface area (Å²) in [7, 11) is 4.84. The number of hydrogen-bond donors (Lipinski definition) is 2. The normalized spacial score (nSPS) is 10.4. The Bertz CT molecular complexity index is 483. The number of carbonyl (C=O) groups excluding carboxylic acids is 1. The molecule has 0 aliphatic carbocycles. The minimum absolute atomic E-state index is 0.0303. The number of benzene rings is 1. The van der Waals surface area contributed by atoms with E-state index in [1.807, 2.05) is 12.1 Å². The first-order chi connectivity index (χ1) is 10.6. The van der Waals surface area contributed by atoms with Crippen molar-refractivity contribution in [1.29, 1.82) is 0 Å². The van der Waals surface area contributed by atoms with Gasteiger partial charge in [0.25, 0.3) is 0 Å². The third-order valence-electron chi connectivity index (χ3n) is 3.07. The molecule has 7 heteroatoms. The summed E-state index contributed by atoms with van der Waals surface area (Å²) in [6.45, 7) is 1.58. The Morgan fingerprint density at radius 1 is 1.18 bits per heavy atom. The van der Waals surface area contributed by atoms with Crippen LogP contribution in [0.5, 0.6) is 11.5 Å². The lowest BCUT2D eigenvalue weighted by Gasteiger charge is -2.13. The zero-order valence-electron chi connectivity index (χ0n) is 13.2. The predicted octanol–water partition coefficient (Wildman–Crippen LogP) is 1.71. The van der Waals surface area contributed by atoms with Gasteiger partial charge >= 0.3 is 0 Å². The monoisotopic (exact) mass is 374 g/mol. The highest BCUT2D eigenvalue weighted by molar-refractivity contribution is 9.10. The topological polar surface area (TPSA) is 68.8 Å². The van der Waals surface area contributed by atoms with Gasteiger partial charge in [-0.05, 0) is 40.0 Å². The van der Waals surface area contributed by atoms with E-state index in [2.05, 4.69) is 26.6 Å². The molecule has 0 bridgehead atoms. The molecule has 0 unspecified atom stereocenters. The van der Waals surface area contributed by atoms with Crippen LogP contribution < -0.4 is 20.1 Å². The number of carbonyl (C=O) groups is 1. The van der Waals surface area contributed by atoms with Gasteiger partial charge in [0, 0.05) is 20.1 Å².